The van der Waals surface area contributed by atoms with Crippen molar-refractivity contribution in [3.05, 3.63) is 0 Å². The van der Waals surface area contributed by atoms with Crippen molar-refractivity contribution < 1.29 is 0 Å². The predicted octanol–water partition coefficient (Wildman–Crippen LogP) is 2.76. The van der Waals surface area contributed by atoms with Gasteiger partial charge in [0.1, 0.15) is 8.07 Å². The topological polar surface area (TPSA) is 38.4 Å². The monoisotopic (exact) mass is 210 g/mol. The molecule has 0 aliphatic rings. The van der Waals surface area contributed by atoms with Crippen LogP contribution in [0.1, 0.15) is 32.6 Å². The van der Waals surface area contributed by atoms with Crippen LogP contribution in [-0.4, -0.2) is 13.4 Å². The molecular weight excluding hydrogens is 188 g/mol. The highest BCUT2D eigenvalue weighted by Crippen LogP contribution is 2.03. The predicted molar refractivity (Wildman–Crippen MR) is 66.9 cm³/mol. The minimum absolute atomic E-state index is 0.925. The normalized spacial score (nSPS) is 12.1. The lowest BCUT2D eigenvalue weighted by Crippen LogP contribution is -2.33. The van der Waals surface area contributed by atoms with Gasteiger partial charge in [0, 0.05) is 6.42 Å². The first-order valence-electron chi connectivity index (χ1n) is 5.29. The summed E-state index contributed by atoms with van der Waals surface area (Å²) >= 11 is 0. The van der Waals surface area contributed by atoms with Crippen molar-refractivity contribution in [2.75, 3.05) is 0 Å². The van der Waals surface area contributed by atoms with Gasteiger partial charge in [-0.25, -0.2) is 0 Å². The van der Waals surface area contributed by atoms with E-state index in [4.69, 9.17) is 5.84 Å². The lowest BCUT2D eigenvalue weighted by molar-refractivity contribution is 0.737. The maximum absolute atomic E-state index is 5.32. The van der Waals surface area contributed by atoms with Gasteiger partial charge in [-0.2, -0.15) is 5.10 Å². The molecule has 0 fully saturated rings. The molecule has 0 spiro atoms. The number of hydrazone groups is 1. The Labute approximate surface area is 89.0 Å². The summed E-state index contributed by atoms with van der Waals surface area (Å²) in [5, 5.41) is 4.71. The molecule has 14 heavy (non-hydrogen) atoms. The van der Waals surface area contributed by atoms with Crippen LogP contribution in [-0.2, 0) is 0 Å². The maximum Gasteiger partial charge on any atom is 0.115 e. The third kappa shape index (κ3) is 5.82. The summed E-state index contributed by atoms with van der Waals surface area (Å²) < 4.78 is 0. The van der Waals surface area contributed by atoms with Crippen LogP contribution in [0, 0.1) is 11.8 Å². The molecule has 0 aliphatic heterocycles. The quantitative estimate of drug-likeness (QED) is 0.190. The molecule has 0 radical (unpaired) electrons. The van der Waals surface area contributed by atoms with E-state index in [1.165, 1.54) is 19.3 Å². The Bertz CT molecular complexity index is 240. The first kappa shape index (κ1) is 13.2. The molecule has 0 unspecified atom stereocenters. The Hall–Kier alpha value is -0.753. The minimum Gasteiger partial charge on any atom is -0.323 e. The van der Waals surface area contributed by atoms with Crippen molar-refractivity contribution in [3.63, 3.8) is 0 Å². The zero-order chi connectivity index (χ0) is 11.0. The number of nitrogens with zero attached hydrogens (tertiary/aromatic N) is 1. The maximum atomic E-state index is 5.32. The van der Waals surface area contributed by atoms with Crippen molar-refractivity contribution in [2.24, 2.45) is 10.9 Å². The minimum atomic E-state index is -1.40. The second-order valence-electron chi connectivity index (χ2n) is 4.49. The summed E-state index contributed by atoms with van der Waals surface area (Å²) in [6.07, 6.45) is 4.66. The van der Waals surface area contributed by atoms with Gasteiger partial charge in [-0.15, -0.1) is 0 Å². The van der Waals surface area contributed by atoms with Gasteiger partial charge in [0.25, 0.3) is 0 Å². The molecule has 0 amide bonds. The number of hydrogen-bond acceptors (Lipinski definition) is 2. The van der Waals surface area contributed by atoms with Gasteiger partial charge in [-0.3, -0.25) is 0 Å². The van der Waals surface area contributed by atoms with Crippen molar-refractivity contribution in [3.8, 4) is 11.8 Å². The third-order valence-electron chi connectivity index (χ3n) is 1.95. The van der Waals surface area contributed by atoms with Crippen LogP contribution in [0.4, 0.5) is 0 Å². The van der Waals surface area contributed by atoms with Crippen molar-refractivity contribution in [2.45, 2.75) is 52.2 Å². The highest BCUT2D eigenvalue weighted by molar-refractivity contribution is 7.06. The molecule has 0 rings (SSSR count). The highest BCUT2D eigenvalue weighted by Gasteiger charge is 2.19. The van der Waals surface area contributed by atoms with Crippen molar-refractivity contribution in [1.82, 2.24) is 0 Å². The molecule has 0 aromatic carbocycles. The molecule has 0 saturated carbocycles. The Morgan fingerprint density at radius 1 is 1.29 bits per heavy atom. The molecule has 0 heterocycles. The second-order valence-corrected chi connectivity index (χ2v) is 9.46. The summed E-state index contributed by atoms with van der Waals surface area (Å²) in [7, 11) is -1.40. The van der Waals surface area contributed by atoms with Crippen LogP contribution in [0.25, 0.3) is 0 Å². The summed E-state index contributed by atoms with van der Waals surface area (Å²) in [6.45, 7) is 8.82. The fourth-order valence-corrected chi connectivity index (χ4v) is 1.87. The van der Waals surface area contributed by atoms with Crippen LogP contribution < -0.4 is 5.84 Å². The molecular formula is C11H22N2Si. The first-order valence-corrected chi connectivity index (χ1v) is 8.79. The zero-order valence-corrected chi connectivity index (χ0v) is 10.9. The summed E-state index contributed by atoms with van der Waals surface area (Å²) in [6, 6.07) is 0. The Morgan fingerprint density at radius 2 is 1.93 bits per heavy atom. The molecule has 0 aliphatic carbocycles. The van der Waals surface area contributed by atoms with E-state index < -0.39 is 8.07 Å². The molecule has 0 atom stereocenters. The molecule has 3 heteroatoms. The Morgan fingerprint density at radius 3 is 2.36 bits per heavy atom. The molecule has 0 saturated heterocycles. The lowest BCUT2D eigenvalue weighted by atomic mass is 10.2. The van der Waals surface area contributed by atoms with E-state index in [-0.39, 0.29) is 0 Å². The van der Waals surface area contributed by atoms with Crippen molar-refractivity contribution >= 4 is 13.4 Å². The summed E-state index contributed by atoms with van der Waals surface area (Å²) in [5.74, 6) is 11.6. The molecule has 2 N–H and O–H groups in total. The second kappa shape index (κ2) is 6.66. The summed E-state index contributed by atoms with van der Waals surface area (Å²) in [5.41, 5.74) is 0. The summed E-state index contributed by atoms with van der Waals surface area (Å²) in [4.78, 5) is 0. The lowest BCUT2D eigenvalue weighted by Gasteiger charge is -2.12. The number of nitrogens with two attached hydrogens (primary N) is 1. The third-order valence-corrected chi connectivity index (χ3v) is 3.63. The smallest absolute Gasteiger partial charge is 0.115 e. The standard InChI is InChI=1S/C11H22N2Si/c1-5-6-7-8-9-10-11(13-12)14(2,3)4/h5-8,12H2,1-4H3/b13-11-. The highest BCUT2D eigenvalue weighted by atomic mass is 28.3. The van der Waals surface area contributed by atoms with E-state index in [0.717, 1.165) is 11.8 Å². The van der Waals surface area contributed by atoms with Crippen LogP contribution in [0.3, 0.4) is 0 Å². The van der Waals surface area contributed by atoms with Gasteiger partial charge >= 0.3 is 0 Å². The largest absolute Gasteiger partial charge is 0.323 e. The SMILES string of the molecule is CCCCCC#C/C(=N/N)[Si](C)(C)C. The Kier molecular flexibility index (Phi) is 6.31. The van der Waals surface area contributed by atoms with Gasteiger partial charge in [-0.05, 0) is 6.42 Å². The molecule has 0 bridgehead atoms. The first-order chi connectivity index (χ1) is 6.52. The number of hydrogen-bond donors (Lipinski definition) is 1. The van der Waals surface area contributed by atoms with Crippen LogP contribution in [0.2, 0.25) is 19.6 Å². The van der Waals surface area contributed by atoms with Crippen LogP contribution in [0.15, 0.2) is 5.10 Å². The van der Waals surface area contributed by atoms with E-state index in [1.54, 1.807) is 0 Å². The average molecular weight is 210 g/mol. The molecule has 2 nitrogen and oxygen atoms in total. The van der Waals surface area contributed by atoms with Gasteiger partial charge < -0.3 is 5.84 Å². The van der Waals surface area contributed by atoms with Crippen LogP contribution in [0.5, 0.6) is 0 Å². The van der Waals surface area contributed by atoms with E-state index >= 15 is 0 Å². The van der Waals surface area contributed by atoms with E-state index in [9.17, 15) is 0 Å². The molecule has 0 aromatic rings. The van der Waals surface area contributed by atoms with Crippen molar-refractivity contribution in [1.29, 1.82) is 0 Å². The Balaban J connectivity index is 4.07. The molecule has 0 aromatic heterocycles. The van der Waals surface area contributed by atoms with Gasteiger partial charge in [0.15, 0.2) is 0 Å². The average Bonchev–Trinajstić information content (AvgIpc) is 2.09. The van der Waals surface area contributed by atoms with Gasteiger partial charge in [-0.1, -0.05) is 51.2 Å². The van der Waals surface area contributed by atoms with Crippen LogP contribution >= 0.6 is 0 Å². The molecule has 80 valence electrons. The zero-order valence-electron chi connectivity index (χ0n) is 9.85. The number of rotatable bonds is 4. The fraction of sp³-hybridized carbons (Fsp3) is 0.727. The fourth-order valence-electron chi connectivity index (χ4n) is 1.02. The van der Waals surface area contributed by atoms with E-state index in [1.807, 2.05) is 0 Å². The van der Waals surface area contributed by atoms with E-state index in [0.29, 0.717) is 0 Å². The van der Waals surface area contributed by atoms with E-state index in [2.05, 4.69) is 43.5 Å². The van der Waals surface area contributed by atoms with Gasteiger partial charge in [0.05, 0.1) is 5.33 Å². The van der Waals surface area contributed by atoms with Gasteiger partial charge in [0.2, 0.25) is 0 Å². The number of unbranched alkanes of at least 4 members (excludes halogenated alkanes) is 3.